The van der Waals surface area contributed by atoms with E-state index in [0.29, 0.717) is 12.2 Å². The summed E-state index contributed by atoms with van der Waals surface area (Å²) in [6.45, 7) is 0. The van der Waals surface area contributed by atoms with Crippen molar-refractivity contribution < 1.29 is 4.79 Å². The molecule has 4 aromatic heterocycles. The largest absolute Gasteiger partial charge is 0.341 e. The number of carbonyl (C=O) groups excluding carboxylic acids is 1. The molecule has 6 rings (SSSR count). The predicted octanol–water partition coefficient (Wildman–Crippen LogP) is 5.31. The Labute approximate surface area is 220 Å². The van der Waals surface area contributed by atoms with Crippen LogP contribution in [0.4, 0.5) is 5.82 Å². The van der Waals surface area contributed by atoms with Gasteiger partial charge in [-0.3, -0.25) is 14.7 Å². The first-order valence-corrected chi connectivity index (χ1v) is 12.4. The first-order valence-electron chi connectivity index (χ1n) is 12.4. The van der Waals surface area contributed by atoms with Gasteiger partial charge in [0.2, 0.25) is 6.41 Å². The Hall–Kier alpha value is -4.98. The van der Waals surface area contributed by atoms with Crippen LogP contribution in [0.5, 0.6) is 0 Å². The Bertz CT molecular complexity index is 1660. The van der Waals surface area contributed by atoms with Crippen LogP contribution in [0.3, 0.4) is 0 Å². The highest BCUT2D eigenvalue weighted by molar-refractivity contribution is 5.88. The molecule has 2 aromatic carbocycles. The molecule has 188 valence electrons. The fourth-order valence-electron chi connectivity index (χ4n) is 4.96. The topological polar surface area (TPSA) is 84.6 Å². The molecule has 0 aliphatic rings. The van der Waals surface area contributed by atoms with Crippen molar-refractivity contribution in [1.82, 2.24) is 29.1 Å². The zero-order chi connectivity index (χ0) is 26.1. The maximum atomic E-state index is 12.6. The van der Waals surface area contributed by atoms with Crippen molar-refractivity contribution in [2.75, 3.05) is 4.90 Å². The average Bonchev–Trinajstić information content (AvgIpc) is 3.67. The summed E-state index contributed by atoms with van der Waals surface area (Å²) in [4.78, 5) is 31.5. The van der Waals surface area contributed by atoms with Crippen molar-refractivity contribution in [1.29, 1.82) is 0 Å². The first kappa shape index (κ1) is 23.4. The second-order valence-corrected chi connectivity index (χ2v) is 9.30. The van der Waals surface area contributed by atoms with Gasteiger partial charge in [-0.1, -0.05) is 48.5 Å². The van der Waals surface area contributed by atoms with Gasteiger partial charge in [-0.05, 0) is 29.8 Å². The van der Waals surface area contributed by atoms with E-state index < -0.39 is 0 Å². The molecule has 0 aliphatic heterocycles. The van der Waals surface area contributed by atoms with Crippen molar-refractivity contribution in [2.45, 2.75) is 12.5 Å². The van der Waals surface area contributed by atoms with Gasteiger partial charge in [-0.25, -0.2) is 9.97 Å². The van der Waals surface area contributed by atoms with E-state index in [4.69, 9.17) is 4.98 Å². The van der Waals surface area contributed by atoms with Gasteiger partial charge in [-0.2, -0.15) is 0 Å². The summed E-state index contributed by atoms with van der Waals surface area (Å²) >= 11 is 0. The number of pyridine rings is 1. The summed E-state index contributed by atoms with van der Waals surface area (Å²) < 4.78 is 4.06. The Morgan fingerprint density at radius 3 is 2.42 bits per heavy atom. The molecule has 0 bridgehead atoms. The molecule has 1 N–H and O–H groups in total. The van der Waals surface area contributed by atoms with Crippen LogP contribution in [0.15, 0.2) is 97.6 Å². The van der Waals surface area contributed by atoms with Crippen molar-refractivity contribution in [3.05, 3.63) is 109 Å². The molecular formula is C30H27N7O. The molecule has 1 unspecified atom stereocenters. The van der Waals surface area contributed by atoms with Gasteiger partial charge >= 0.3 is 0 Å². The van der Waals surface area contributed by atoms with Gasteiger partial charge in [0, 0.05) is 61.3 Å². The number of nitrogens with zero attached hydrogens (tertiary/aromatic N) is 6. The molecule has 8 nitrogen and oxygen atoms in total. The summed E-state index contributed by atoms with van der Waals surface area (Å²) in [5.41, 5.74) is 4.88. The number of anilines is 1. The minimum atomic E-state index is -0.374. The molecule has 0 spiro atoms. The lowest BCUT2D eigenvalue weighted by molar-refractivity contribution is -0.108. The van der Waals surface area contributed by atoms with Crippen LogP contribution in [-0.4, -0.2) is 35.5 Å². The molecule has 0 fully saturated rings. The maximum Gasteiger partial charge on any atom is 0.215 e. The molecular weight excluding hydrogens is 474 g/mol. The number of aryl methyl sites for hydroxylation is 1. The van der Waals surface area contributed by atoms with Crippen molar-refractivity contribution in [2.24, 2.45) is 14.1 Å². The summed E-state index contributed by atoms with van der Waals surface area (Å²) in [5.74, 6) is 2.40. The second kappa shape index (κ2) is 9.82. The number of aromatic amines is 1. The Balaban J connectivity index is 1.39. The number of H-pyrrole nitrogens is 1. The molecule has 1 atom stereocenters. The molecule has 8 heteroatoms. The van der Waals surface area contributed by atoms with E-state index >= 15 is 0 Å². The zero-order valence-corrected chi connectivity index (χ0v) is 21.2. The summed E-state index contributed by atoms with van der Waals surface area (Å²) in [7, 11) is 3.97. The lowest BCUT2D eigenvalue weighted by Gasteiger charge is -2.27. The number of para-hydroxylation sites is 1. The number of carbonyl (C=O) groups is 1. The smallest absolute Gasteiger partial charge is 0.215 e. The molecule has 0 saturated heterocycles. The van der Waals surface area contributed by atoms with Gasteiger partial charge in [-0.15, -0.1) is 0 Å². The van der Waals surface area contributed by atoms with Gasteiger partial charge in [0.1, 0.15) is 23.5 Å². The molecule has 0 saturated carbocycles. The Kier molecular flexibility index (Phi) is 6.05. The van der Waals surface area contributed by atoms with Crippen molar-refractivity contribution in [3.8, 4) is 22.6 Å². The number of hydrogen-bond donors (Lipinski definition) is 1. The SMILES string of the molecule is Cn1ccnc1-c1ccc(-c2cnc(C(Cc3ccccn3)N(C=O)c3cc4ccccc4[nH]3)n2C)cc1. The van der Waals surface area contributed by atoms with Gasteiger partial charge in [0.05, 0.1) is 11.9 Å². The highest BCUT2D eigenvalue weighted by Gasteiger charge is 2.28. The fourth-order valence-corrected chi connectivity index (χ4v) is 4.96. The Morgan fingerprint density at radius 2 is 1.71 bits per heavy atom. The third-order valence-electron chi connectivity index (χ3n) is 6.95. The molecule has 38 heavy (non-hydrogen) atoms. The van der Waals surface area contributed by atoms with Crippen LogP contribution >= 0.6 is 0 Å². The standard InChI is InChI=1S/C30H27N7O/c1-35-16-15-32-29(35)22-12-10-21(11-13-22)27-19-33-30(36(27)2)26(18-24-8-5-6-14-31-24)37(20-38)28-17-23-7-3-4-9-25(23)34-28/h3-17,19-20,26,34H,18H2,1-2H3. The zero-order valence-electron chi connectivity index (χ0n) is 21.2. The Morgan fingerprint density at radius 1 is 0.921 bits per heavy atom. The third-order valence-corrected chi connectivity index (χ3v) is 6.95. The van der Waals surface area contributed by atoms with E-state index in [2.05, 4.69) is 43.8 Å². The summed E-state index contributed by atoms with van der Waals surface area (Å²) in [5, 5.41) is 1.04. The van der Waals surface area contributed by atoms with Crippen LogP contribution in [0.25, 0.3) is 33.5 Å². The normalized spacial score (nSPS) is 12.1. The number of hydrogen-bond acceptors (Lipinski definition) is 4. The van der Waals surface area contributed by atoms with E-state index in [-0.39, 0.29) is 6.04 Å². The number of nitrogens with one attached hydrogen (secondary N) is 1. The van der Waals surface area contributed by atoms with Gasteiger partial charge < -0.3 is 14.1 Å². The average molecular weight is 502 g/mol. The first-order chi connectivity index (χ1) is 18.6. The fraction of sp³-hybridized carbons (Fsp3) is 0.133. The lowest BCUT2D eigenvalue weighted by atomic mass is 10.1. The number of aromatic nitrogens is 6. The lowest BCUT2D eigenvalue weighted by Crippen LogP contribution is -2.31. The number of rotatable bonds is 8. The van der Waals surface area contributed by atoms with Crippen LogP contribution in [0.2, 0.25) is 0 Å². The van der Waals surface area contributed by atoms with Gasteiger partial charge in [0.15, 0.2) is 0 Å². The van der Waals surface area contributed by atoms with E-state index in [1.165, 1.54) is 0 Å². The highest BCUT2D eigenvalue weighted by Crippen LogP contribution is 2.32. The molecule has 0 radical (unpaired) electrons. The van der Waals surface area contributed by atoms with E-state index in [9.17, 15) is 4.79 Å². The van der Waals surface area contributed by atoms with Crippen molar-refractivity contribution in [3.63, 3.8) is 0 Å². The van der Waals surface area contributed by atoms with Crippen LogP contribution < -0.4 is 4.90 Å². The monoisotopic (exact) mass is 501 g/mol. The number of imidazole rings is 2. The minimum absolute atomic E-state index is 0.374. The van der Waals surface area contributed by atoms with E-state index in [0.717, 1.165) is 51.5 Å². The molecule has 1 amide bonds. The quantitative estimate of drug-likeness (QED) is 0.287. The van der Waals surface area contributed by atoms with Crippen LogP contribution in [0.1, 0.15) is 17.6 Å². The van der Waals surface area contributed by atoms with Crippen LogP contribution in [0, 0.1) is 0 Å². The molecule has 0 aliphatic carbocycles. The third kappa shape index (κ3) is 4.26. The number of amides is 1. The molecule has 6 aromatic rings. The molecule has 4 heterocycles. The number of benzene rings is 2. The maximum absolute atomic E-state index is 12.6. The summed E-state index contributed by atoms with van der Waals surface area (Å²) in [6, 6.07) is 23.7. The summed E-state index contributed by atoms with van der Waals surface area (Å²) in [6.07, 6.45) is 8.75. The van der Waals surface area contributed by atoms with E-state index in [1.54, 1.807) is 17.3 Å². The van der Waals surface area contributed by atoms with Crippen LogP contribution in [-0.2, 0) is 25.3 Å². The van der Waals surface area contributed by atoms with Crippen molar-refractivity contribution >= 4 is 23.1 Å². The van der Waals surface area contributed by atoms with E-state index in [1.807, 2.05) is 79.6 Å². The highest BCUT2D eigenvalue weighted by atomic mass is 16.1. The van der Waals surface area contributed by atoms with Gasteiger partial charge in [0.25, 0.3) is 0 Å². The number of fused-ring (bicyclic) bond motifs is 1. The minimum Gasteiger partial charge on any atom is -0.341 e. The second-order valence-electron chi connectivity index (χ2n) is 9.30. The predicted molar refractivity (Wildman–Crippen MR) is 148 cm³/mol.